The fraction of sp³-hybridized carbons (Fsp3) is 0.333. The first-order valence-corrected chi connectivity index (χ1v) is 8.90. The quantitative estimate of drug-likeness (QED) is 0.720. The molecule has 1 aliphatic heterocycles. The van der Waals surface area contributed by atoms with Crippen molar-refractivity contribution in [2.24, 2.45) is 5.92 Å². The van der Waals surface area contributed by atoms with Crippen molar-refractivity contribution in [3.8, 4) is 5.82 Å². The number of nitrogens with zero attached hydrogens (tertiary/aromatic N) is 7. The fourth-order valence-corrected chi connectivity index (χ4v) is 3.17. The number of rotatable bonds is 5. The van der Waals surface area contributed by atoms with Gasteiger partial charge in [0.05, 0.1) is 5.92 Å². The number of carbonyl (C=O) groups is 1. The standard InChI is InChI=1S/C18H20N8O/c27-18(21-10-14-3-1-7-19-9-14)15-4-2-8-25(11-15)16-5-6-17(24-23-16)26-13-20-12-22-26/h1,3,5-7,9,12-13,15H,2,4,8,10-11H2,(H,21,27). The first-order valence-electron chi connectivity index (χ1n) is 8.90. The minimum atomic E-state index is -0.0628. The fourth-order valence-electron chi connectivity index (χ4n) is 3.17. The summed E-state index contributed by atoms with van der Waals surface area (Å²) in [5.74, 6) is 1.38. The Hall–Kier alpha value is -3.36. The third-order valence-electron chi connectivity index (χ3n) is 4.60. The molecule has 0 saturated carbocycles. The number of piperidine rings is 1. The summed E-state index contributed by atoms with van der Waals surface area (Å²) in [4.78, 5) is 22.6. The molecule has 0 radical (unpaired) electrons. The Morgan fingerprint density at radius 2 is 2.07 bits per heavy atom. The molecule has 1 N–H and O–H groups in total. The van der Waals surface area contributed by atoms with E-state index in [9.17, 15) is 4.79 Å². The summed E-state index contributed by atoms with van der Waals surface area (Å²) in [5, 5.41) is 15.5. The van der Waals surface area contributed by atoms with Gasteiger partial charge < -0.3 is 10.2 Å². The van der Waals surface area contributed by atoms with Crippen LogP contribution in [-0.2, 0) is 11.3 Å². The van der Waals surface area contributed by atoms with Crippen LogP contribution in [0.3, 0.4) is 0 Å². The van der Waals surface area contributed by atoms with Gasteiger partial charge in [-0.15, -0.1) is 10.2 Å². The van der Waals surface area contributed by atoms with Crippen molar-refractivity contribution < 1.29 is 4.79 Å². The van der Waals surface area contributed by atoms with E-state index in [0.717, 1.165) is 30.8 Å². The Morgan fingerprint density at radius 3 is 2.81 bits per heavy atom. The zero-order valence-electron chi connectivity index (χ0n) is 14.8. The van der Waals surface area contributed by atoms with Gasteiger partial charge in [-0.05, 0) is 36.6 Å². The van der Waals surface area contributed by atoms with Crippen molar-refractivity contribution in [3.63, 3.8) is 0 Å². The lowest BCUT2D eigenvalue weighted by Gasteiger charge is -2.32. The molecule has 1 fully saturated rings. The normalized spacial score (nSPS) is 16.9. The lowest BCUT2D eigenvalue weighted by atomic mass is 9.97. The predicted molar refractivity (Wildman–Crippen MR) is 98.0 cm³/mol. The van der Waals surface area contributed by atoms with Crippen LogP contribution in [0.5, 0.6) is 0 Å². The molecule has 1 aliphatic rings. The summed E-state index contributed by atoms with van der Waals surface area (Å²) < 4.78 is 1.56. The highest BCUT2D eigenvalue weighted by molar-refractivity contribution is 5.79. The highest BCUT2D eigenvalue weighted by Crippen LogP contribution is 2.21. The van der Waals surface area contributed by atoms with Gasteiger partial charge >= 0.3 is 0 Å². The molecule has 0 aromatic carbocycles. The molecule has 9 nitrogen and oxygen atoms in total. The monoisotopic (exact) mass is 364 g/mol. The average Bonchev–Trinajstić information content (AvgIpc) is 3.28. The lowest BCUT2D eigenvalue weighted by Crippen LogP contribution is -2.43. The summed E-state index contributed by atoms with van der Waals surface area (Å²) in [6.07, 6.45) is 8.33. The number of nitrogens with one attached hydrogen (secondary N) is 1. The third-order valence-corrected chi connectivity index (χ3v) is 4.60. The summed E-state index contributed by atoms with van der Waals surface area (Å²) in [6.45, 7) is 2.00. The lowest BCUT2D eigenvalue weighted by molar-refractivity contribution is -0.125. The molecule has 1 saturated heterocycles. The smallest absolute Gasteiger partial charge is 0.225 e. The molecule has 138 valence electrons. The van der Waals surface area contributed by atoms with Crippen LogP contribution in [0, 0.1) is 5.92 Å². The van der Waals surface area contributed by atoms with Crippen LogP contribution in [0.2, 0.25) is 0 Å². The minimum absolute atomic E-state index is 0.0628. The van der Waals surface area contributed by atoms with Crippen LogP contribution in [0.4, 0.5) is 5.82 Å². The van der Waals surface area contributed by atoms with Crippen LogP contribution in [0.25, 0.3) is 5.82 Å². The van der Waals surface area contributed by atoms with E-state index in [0.29, 0.717) is 18.9 Å². The van der Waals surface area contributed by atoms with Gasteiger partial charge in [0.2, 0.25) is 5.91 Å². The van der Waals surface area contributed by atoms with Crippen LogP contribution in [0.1, 0.15) is 18.4 Å². The molecule has 4 heterocycles. The molecule has 27 heavy (non-hydrogen) atoms. The second-order valence-electron chi connectivity index (χ2n) is 6.45. The van der Waals surface area contributed by atoms with E-state index in [2.05, 4.69) is 35.5 Å². The highest BCUT2D eigenvalue weighted by atomic mass is 16.1. The first-order chi connectivity index (χ1) is 13.3. The molecule has 1 unspecified atom stereocenters. The van der Waals surface area contributed by atoms with Gasteiger partial charge in [0.15, 0.2) is 11.6 Å². The second kappa shape index (κ2) is 7.90. The summed E-state index contributed by atoms with van der Waals surface area (Å²) in [7, 11) is 0. The highest BCUT2D eigenvalue weighted by Gasteiger charge is 2.26. The van der Waals surface area contributed by atoms with E-state index in [1.165, 1.54) is 6.33 Å². The topological polar surface area (TPSA) is 102 Å². The van der Waals surface area contributed by atoms with Gasteiger partial charge in [0.1, 0.15) is 12.7 Å². The van der Waals surface area contributed by atoms with E-state index in [4.69, 9.17) is 0 Å². The summed E-state index contributed by atoms with van der Waals surface area (Å²) in [6, 6.07) is 7.57. The van der Waals surface area contributed by atoms with Gasteiger partial charge in [-0.25, -0.2) is 9.67 Å². The molecule has 9 heteroatoms. The van der Waals surface area contributed by atoms with E-state index < -0.39 is 0 Å². The Morgan fingerprint density at radius 1 is 1.19 bits per heavy atom. The van der Waals surface area contributed by atoms with E-state index in [-0.39, 0.29) is 11.8 Å². The molecule has 1 amide bonds. The second-order valence-corrected chi connectivity index (χ2v) is 6.45. The minimum Gasteiger partial charge on any atom is -0.354 e. The number of carbonyl (C=O) groups excluding carboxylic acids is 1. The van der Waals surface area contributed by atoms with Crippen LogP contribution < -0.4 is 10.2 Å². The molecule has 0 spiro atoms. The molecule has 4 rings (SSSR count). The molecular formula is C18H20N8O. The number of hydrogen-bond acceptors (Lipinski definition) is 7. The predicted octanol–water partition coefficient (Wildman–Crippen LogP) is 0.985. The maximum atomic E-state index is 12.5. The Kier molecular flexibility index (Phi) is 4.99. The van der Waals surface area contributed by atoms with Crippen molar-refractivity contribution in [3.05, 3.63) is 54.9 Å². The number of anilines is 1. The summed E-state index contributed by atoms with van der Waals surface area (Å²) >= 11 is 0. The zero-order valence-corrected chi connectivity index (χ0v) is 14.8. The van der Waals surface area contributed by atoms with E-state index in [1.807, 2.05) is 24.3 Å². The number of hydrogen-bond donors (Lipinski definition) is 1. The van der Waals surface area contributed by atoms with Gasteiger partial charge in [-0.1, -0.05) is 6.07 Å². The van der Waals surface area contributed by atoms with E-state index >= 15 is 0 Å². The third kappa shape index (κ3) is 4.08. The van der Waals surface area contributed by atoms with Gasteiger partial charge in [-0.3, -0.25) is 9.78 Å². The summed E-state index contributed by atoms with van der Waals surface area (Å²) in [5.41, 5.74) is 0.994. The first kappa shape index (κ1) is 17.1. The van der Waals surface area contributed by atoms with Gasteiger partial charge in [-0.2, -0.15) is 5.10 Å². The van der Waals surface area contributed by atoms with Crippen LogP contribution in [0.15, 0.2) is 49.3 Å². The number of aromatic nitrogens is 6. The molecule has 0 bridgehead atoms. The van der Waals surface area contributed by atoms with Crippen molar-refractivity contribution in [2.45, 2.75) is 19.4 Å². The van der Waals surface area contributed by atoms with Crippen LogP contribution >= 0.6 is 0 Å². The Labute approximate surface area is 156 Å². The number of amides is 1. The van der Waals surface area contributed by atoms with E-state index in [1.54, 1.807) is 23.4 Å². The number of pyridine rings is 1. The molecule has 1 atom stereocenters. The average molecular weight is 364 g/mol. The Bertz CT molecular complexity index is 866. The van der Waals surface area contributed by atoms with Crippen molar-refractivity contribution >= 4 is 11.7 Å². The largest absolute Gasteiger partial charge is 0.354 e. The van der Waals surface area contributed by atoms with Crippen molar-refractivity contribution in [2.75, 3.05) is 18.0 Å². The molecule has 0 aliphatic carbocycles. The van der Waals surface area contributed by atoms with Crippen LogP contribution in [-0.4, -0.2) is 48.9 Å². The maximum absolute atomic E-state index is 12.5. The zero-order chi connectivity index (χ0) is 18.5. The SMILES string of the molecule is O=C(NCc1cccnc1)C1CCCN(c2ccc(-n3cncn3)nn2)C1. The maximum Gasteiger partial charge on any atom is 0.225 e. The Balaban J connectivity index is 1.36. The molecular weight excluding hydrogens is 344 g/mol. The van der Waals surface area contributed by atoms with Gasteiger partial charge in [0, 0.05) is 32.0 Å². The molecule has 3 aromatic rings. The molecule has 3 aromatic heterocycles. The van der Waals surface area contributed by atoms with Crippen molar-refractivity contribution in [1.29, 1.82) is 0 Å². The van der Waals surface area contributed by atoms with Crippen molar-refractivity contribution in [1.82, 2.24) is 35.3 Å². The van der Waals surface area contributed by atoms with Gasteiger partial charge in [0.25, 0.3) is 0 Å².